The lowest BCUT2D eigenvalue weighted by atomic mass is 9.85. The molecule has 0 aromatic rings. The number of hydrogen-bond acceptors (Lipinski definition) is 2. The second kappa shape index (κ2) is 2.28. The van der Waals surface area contributed by atoms with Crippen LogP contribution in [0.3, 0.4) is 0 Å². The third-order valence-electron chi connectivity index (χ3n) is 4.29. The minimum absolute atomic E-state index is 0.337. The number of hydrogen-bond donors (Lipinski definition) is 1. The van der Waals surface area contributed by atoms with E-state index in [0.717, 1.165) is 19.3 Å². The van der Waals surface area contributed by atoms with Gasteiger partial charge in [-0.2, -0.15) is 0 Å². The van der Waals surface area contributed by atoms with Crippen LogP contribution in [-0.2, 0) is 10.0 Å². The first-order valence-corrected chi connectivity index (χ1v) is 6.62. The molecule has 3 rings (SSSR count). The summed E-state index contributed by atoms with van der Waals surface area (Å²) in [5.74, 6) is 1.18. The Morgan fingerprint density at radius 3 is 2.62 bits per heavy atom. The van der Waals surface area contributed by atoms with Crippen LogP contribution in [-0.4, -0.2) is 19.7 Å². The van der Waals surface area contributed by atoms with Crippen LogP contribution in [0.15, 0.2) is 0 Å². The molecular weight excluding hydrogens is 186 g/mol. The molecule has 74 valence electrons. The van der Waals surface area contributed by atoms with Gasteiger partial charge in [0.2, 0.25) is 10.0 Å². The molecule has 0 amide bonds. The van der Waals surface area contributed by atoms with E-state index in [0.29, 0.717) is 18.4 Å². The summed E-state index contributed by atoms with van der Waals surface area (Å²) in [6.45, 7) is 0.672. The highest BCUT2D eigenvalue weighted by molar-refractivity contribution is 7.91. The fourth-order valence-electron chi connectivity index (χ4n) is 3.70. The lowest BCUT2D eigenvalue weighted by Crippen LogP contribution is -2.42. The van der Waals surface area contributed by atoms with Gasteiger partial charge in [-0.05, 0) is 37.5 Å². The van der Waals surface area contributed by atoms with Crippen molar-refractivity contribution in [3.8, 4) is 0 Å². The second-order valence-electron chi connectivity index (χ2n) is 4.79. The molecule has 2 bridgehead atoms. The molecule has 3 fully saturated rings. The van der Waals surface area contributed by atoms with E-state index in [9.17, 15) is 8.42 Å². The van der Waals surface area contributed by atoms with Gasteiger partial charge < -0.3 is 0 Å². The Bertz CT molecular complexity index is 338. The summed E-state index contributed by atoms with van der Waals surface area (Å²) in [6, 6.07) is 0. The Hall–Kier alpha value is -0.0900. The van der Waals surface area contributed by atoms with Gasteiger partial charge in [0.05, 0.1) is 4.75 Å². The quantitative estimate of drug-likeness (QED) is 0.632. The van der Waals surface area contributed by atoms with E-state index in [4.69, 9.17) is 0 Å². The number of rotatable bonds is 0. The molecule has 3 unspecified atom stereocenters. The van der Waals surface area contributed by atoms with Gasteiger partial charge in [-0.1, -0.05) is 6.42 Å². The summed E-state index contributed by atoms with van der Waals surface area (Å²) in [7, 11) is -2.97. The molecule has 2 saturated carbocycles. The van der Waals surface area contributed by atoms with E-state index in [1.807, 2.05) is 0 Å². The van der Waals surface area contributed by atoms with Crippen molar-refractivity contribution < 1.29 is 8.42 Å². The van der Waals surface area contributed by atoms with Crippen molar-refractivity contribution >= 4 is 10.0 Å². The fraction of sp³-hybridized carbons (Fsp3) is 1.00. The normalized spacial score (nSPS) is 52.0. The SMILES string of the molecule is O=S1(=O)NCCC12CC1CCC2C1. The Morgan fingerprint density at radius 1 is 1.31 bits per heavy atom. The predicted molar refractivity (Wildman–Crippen MR) is 49.7 cm³/mol. The Labute approximate surface area is 79.0 Å². The van der Waals surface area contributed by atoms with Gasteiger partial charge in [-0.15, -0.1) is 0 Å². The third kappa shape index (κ3) is 0.859. The van der Waals surface area contributed by atoms with Crippen LogP contribution in [0.2, 0.25) is 0 Å². The summed E-state index contributed by atoms with van der Waals surface area (Å²) >= 11 is 0. The van der Waals surface area contributed by atoms with Gasteiger partial charge in [0.15, 0.2) is 0 Å². The minimum atomic E-state index is -2.97. The largest absolute Gasteiger partial charge is 0.217 e. The van der Waals surface area contributed by atoms with Crippen LogP contribution in [0.25, 0.3) is 0 Å². The van der Waals surface area contributed by atoms with Gasteiger partial charge >= 0.3 is 0 Å². The van der Waals surface area contributed by atoms with Crippen LogP contribution >= 0.6 is 0 Å². The van der Waals surface area contributed by atoms with Crippen molar-refractivity contribution in [2.45, 2.75) is 36.9 Å². The molecule has 4 heteroatoms. The standard InChI is InChI=1S/C9H15NO2S/c11-13(12)9(3-4-10-13)6-7-1-2-8(9)5-7/h7-8,10H,1-6H2. The molecule has 0 aromatic heterocycles. The monoisotopic (exact) mass is 201 g/mol. The number of sulfonamides is 1. The van der Waals surface area contributed by atoms with Crippen LogP contribution < -0.4 is 4.72 Å². The third-order valence-corrected chi connectivity index (χ3v) is 6.65. The van der Waals surface area contributed by atoms with Gasteiger partial charge in [0.1, 0.15) is 0 Å². The molecule has 13 heavy (non-hydrogen) atoms. The zero-order valence-electron chi connectivity index (χ0n) is 7.62. The van der Waals surface area contributed by atoms with Crippen molar-refractivity contribution in [2.75, 3.05) is 6.54 Å². The summed E-state index contributed by atoms with van der Waals surface area (Å²) in [6.07, 6.45) is 5.37. The molecule has 2 aliphatic carbocycles. The van der Waals surface area contributed by atoms with E-state index in [2.05, 4.69) is 4.72 Å². The maximum Gasteiger partial charge on any atom is 0.217 e. The van der Waals surface area contributed by atoms with Gasteiger partial charge in [0, 0.05) is 6.54 Å². The average Bonchev–Trinajstić information content (AvgIpc) is 2.68. The first-order chi connectivity index (χ1) is 6.14. The second-order valence-corrected chi connectivity index (χ2v) is 6.90. The summed E-state index contributed by atoms with van der Waals surface area (Å²) in [5, 5.41) is 0. The molecule has 0 aromatic carbocycles. The number of fused-ring (bicyclic) bond motifs is 3. The molecule has 3 aliphatic rings. The van der Waals surface area contributed by atoms with Crippen LogP contribution in [0.4, 0.5) is 0 Å². The average molecular weight is 201 g/mol. The zero-order chi connectivity index (χ0) is 9.10. The number of nitrogens with one attached hydrogen (secondary N) is 1. The lowest BCUT2D eigenvalue weighted by Gasteiger charge is -2.31. The van der Waals surface area contributed by atoms with E-state index in [1.54, 1.807) is 0 Å². The Kier molecular flexibility index (Phi) is 1.45. The van der Waals surface area contributed by atoms with Crippen molar-refractivity contribution in [3.05, 3.63) is 0 Å². The first-order valence-electron chi connectivity index (χ1n) is 5.13. The van der Waals surface area contributed by atoms with Crippen molar-refractivity contribution in [1.82, 2.24) is 4.72 Å². The molecule has 1 aliphatic heterocycles. The maximum absolute atomic E-state index is 11.9. The van der Waals surface area contributed by atoms with E-state index in [1.165, 1.54) is 12.8 Å². The Morgan fingerprint density at radius 2 is 2.15 bits per heavy atom. The highest BCUT2D eigenvalue weighted by Gasteiger charge is 2.60. The van der Waals surface area contributed by atoms with E-state index >= 15 is 0 Å². The molecule has 3 nitrogen and oxygen atoms in total. The zero-order valence-corrected chi connectivity index (χ0v) is 8.44. The molecule has 1 spiro atoms. The molecule has 3 atom stereocenters. The molecule has 1 saturated heterocycles. The Balaban J connectivity index is 2.07. The highest BCUT2D eigenvalue weighted by atomic mass is 32.2. The van der Waals surface area contributed by atoms with Gasteiger partial charge in [0.25, 0.3) is 0 Å². The van der Waals surface area contributed by atoms with Crippen LogP contribution in [0.1, 0.15) is 32.1 Å². The van der Waals surface area contributed by atoms with Gasteiger partial charge in [-0.25, -0.2) is 13.1 Å². The molecule has 1 N–H and O–H groups in total. The summed E-state index contributed by atoms with van der Waals surface area (Å²) < 4.78 is 26.1. The topological polar surface area (TPSA) is 46.2 Å². The van der Waals surface area contributed by atoms with E-state index in [-0.39, 0.29) is 4.75 Å². The van der Waals surface area contributed by atoms with Crippen LogP contribution in [0.5, 0.6) is 0 Å². The maximum atomic E-state index is 11.9. The predicted octanol–water partition coefficient (Wildman–Crippen LogP) is 0.868. The highest BCUT2D eigenvalue weighted by Crippen LogP contribution is 2.56. The lowest BCUT2D eigenvalue weighted by molar-refractivity contribution is 0.352. The van der Waals surface area contributed by atoms with Crippen molar-refractivity contribution in [2.24, 2.45) is 11.8 Å². The summed E-state index contributed by atoms with van der Waals surface area (Å²) in [4.78, 5) is 0. The summed E-state index contributed by atoms with van der Waals surface area (Å²) in [5.41, 5.74) is 0. The fourth-order valence-corrected chi connectivity index (χ4v) is 5.84. The smallest absolute Gasteiger partial charge is 0.215 e. The minimum Gasteiger partial charge on any atom is -0.215 e. The molecular formula is C9H15NO2S. The van der Waals surface area contributed by atoms with Crippen molar-refractivity contribution in [1.29, 1.82) is 0 Å². The molecule has 1 heterocycles. The van der Waals surface area contributed by atoms with Gasteiger partial charge in [-0.3, -0.25) is 0 Å². The van der Waals surface area contributed by atoms with Crippen LogP contribution in [0, 0.1) is 11.8 Å². The van der Waals surface area contributed by atoms with E-state index < -0.39 is 10.0 Å². The molecule has 0 radical (unpaired) electrons. The first kappa shape index (κ1) is 8.24. The van der Waals surface area contributed by atoms with Crippen molar-refractivity contribution in [3.63, 3.8) is 0 Å².